The fraction of sp³-hybridized carbons (Fsp3) is 0.300. The molecule has 7 nitrogen and oxygen atoms in total. The number of carbonyl (C=O) groups excluding carboxylic acids is 1. The van der Waals surface area contributed by atoms with E-state index in [4.69, 9.17) is 0 Å². The number of hydrogen-bond donors (Lipinski definition) is 0. The molecule has 0 aliphatic carbocycles. The Labute approximate surface area is 166 Å². The summed E-state index contributed by atoms with van der Waals surface area (Å²) < 4.78 is 29.1. The number of aromatic nitrogens is 4. The first-order valence-electron chi connectivity index (χ1n) is 9.28. The molecule has 0 fully saturated rings. The standard InChI is InChI=1S/C20H21F2N5O2/c1-4-14(5-2)25(15-9-6-8-13(3)12-15)19(28)27-20(29)26(23-24-27)18-16(21)10-7-11-17(18)22/h6-12,14H,4-5H2,1-3H3. The second kappa shape index (κ2) is 8.34. The Kier molecular flexibility index (Phi) is 5.86. The fourth-order valence-corrected chi connectivity index (χ4v) is 3.21. The second-order valence-electron chi connectivity index (χ2n) is 6.62. The van der Waals surface area contributed by atoms with E-state index in [-0.39, 0.29) is 6.04 Å². The molecule has 29 heavy (non-hydrogen) atoms. The molecule has 0 aliphatic heterocycles. The molecule has 1 aromatic heterocycles. The van der Waals surface area contributed by atoms with Gasteiger partial charge in [0.05, 0.1) is 0 Å². The summed E-state index contributed by atoms with van der Waals surface area (Å²) in [5.74, 6) is -1.97. The fourth-order valence-electron chi connectivity index (χ4n) is 3.21. The lowest BCUT2D eigenvalue weighted by molar-refractivity contribution is 0.240. The van der Waals surface area contributed by atoms with Crippen LogP contribution in [0.25, 0.3) is 5.69 Å². The van der Waals surface area contributed by atoms with Crippen LogP contribution >= 0.6 is 0 Å². The van der Waals surface area contributed by atoms with Crippen LogP contribution in [0.3, 0.4) is 0 Å². The average Bonchev–Trinajstić information content (AvgIpc) is 3.06. The monoisotopic (exact) mass is 401 g/mol. The molecule has 0 atom stereocenters. The van der Waals surface area contributed by atoms with Gasteiger partial charge in [0.25, 0.3) is 0 Å². The quantitative estimate of drug-likeness (QED) is 0.612. The van der Waals surface area contributed by atoms with Crippen LogP contribution in [-0.2, 0) is 0 Å². The van der Waals surface area contributed by atoms with Crippen LogP contribution in [0.5, 0.6) is 0 Å². The van der Waals surface area contributed by atoms with Crippen molar-refractivity contribution in [2.45, 2.75) is 39.7 Å². The van der Waals surface area contributed by atoms with Gasteiger partial charge >= 0.3 is 11.7 Å². The number of rotatable bonds is 5. The van der Waals surface area contributed by atoms with Crippen LogP contribution in [0, 0.1) is 18.6 Å². The van der Waals surface area contributed by atoms with Crippen molar-refractivity contribution < 1.29 is 13.6 Å². The molecule has 9 heteroatoms. The lowest BCUT2D eigenvalue weighted by Gasteiger charge is -2.29. The molecule has 0 spiro atoms. The number of amides is 1. The number of benzene rings is 2. The third-order valence-corrected chi connectivity index (χ3v) is 4.71. The van der Waals surface area contributed by atoms with Crippen molar-refractivity contribution >= 4 is 11.7 Å². The summed E-state index contributed by atoms with van der Waals surface area (Å²) in [5.41, 5.74) is -0.193. The van der Waals surface area contributed by atoms with Gasteiger partial charge in [0.15, 0.2) is 11.6 Å². The highest BCUT2D eigenvalue weighted by Crippen LogP contribution is 2.23. The van der Waals surface area contributed by atoms with E-state index in [0.717, 1.165) is 17.7 Å². The molecule has 0 radical (unpaired) electrons. The summed E-state index contributed by atoms with van der Waals surface area (Å²) in [4.78, 5) is 27.4. The Balaban J connectivity index is 2.10. The number of aryl methyl sites for hydroxylation is 1. The van der Waals surface area contributed by atoms with Crippen LogP contribution in [-0.4, -0.2) is 31.9 Å². The van der Waals surface area contributed by atoms with Gasteiger partial charge < -0.3 is 0 Å². The van der Waals surface area contributed by atoms with Crippen LogP contribution in [0.15, 0.2) is 47.3 Å². The third-order valence-electron chi connectivity index (χ3n) is 4.71. The molecule has 1 amide bonds. The van der Waals surface area contributed by atoms with E-state index in [1.807, 2.05) is 39.0 Å². The van der Waals surface area contributed by atoms with Gasteiger partial charge in [-0.2, -0.15) is 4.68 Å². The van der Waals surface area contributed by atoms with Crippen LogP contribution < -0.4 is 10.6 Å². The molecule has 1 heterocycles. The van der Waals surface area contributed by atoms with Crippen molar-refractivity contribution in [3.05, 3.63) is 70.1 Å². The largest absolute Gasteiger partial charge is 0.377 e. The van der Waals surface area contributed by atoms with Crippen molar-refractivity contribution in [2.75, 3.05) is 4.90 Å². The summed E-state index contributed by atoms with van der Waals surface area (Å²) in [5, 5.41) is 7.11. The minimum atomic E-state index is -1.05. The van der Waals surface area contributed by atoms with Gasteiger partial charge in [-0.15, -0.1) is 4.68 Å². The molecule has 0 saturated heterocycles. The van der Waals surface area contributed by atoms with Crippen LogP contribution in [0.4, 0.5) is 19.3 Å². The maximum absolute atomic E-state index is 14.1. The maximum atomic E-state index is 14.1. The SMILES string of the molecule is CCC(CC)N(C(=O)n1nnn(-c2c(F)cccc2F)c1=O)c1cccc(C)c1. The Hall–Kier alpha value is -3.36. The van der Waals surface area contributed by atoms with Crippen LogP contribution in [0.1, 0.15) is 32.3 Å². The van der Waals surface area contributed by atoms with E-state index in [9.17, 15) is 18.4 Å². The van der Waals surface area contributed by atoms with E-state index in [2.05, 4.69) is 10.4 Å². The second-order valence-corrected chi connectivity index (χ2v) is 6.62. The third kappa shape index (κ3) is 3.80. The average molecular weight is 401 g/mol. The Morgan fingerprint density at radius 3 is 2.28 bits per heavy atom. The molecular formula is C20H21F2N5O2. The highest BCUT2D eigenvalue weighted by Gasteiger charge is 2.29. The molecule has 0 aliphatic rings. The Morgan fingerprint density at radius 2 is 1.69 bits per heavy atom. The van der Waals surface area contributed by atoms with Gasteiger partial charge in [0, 0.05) is 11.7 Å². The number of tetrazole rings is 1. The minimum absolute atomic E-state index is 0.202. The Bertz CT molecular complexity index is 1070. The van der Waals surface area contributed by atoms with E-state index < -0.39 is 29.0 Å². The molecule has 0 N–H and O–H groups in total. The van der Waals surface area contributed by atoms with Gasteiger partial charge in [-0.05, 0) is 60.0 Å². The van der Waals surface area contributed by atoms with E-state index in [0.29, 0.717) is 27.9 Å². The molecule has 0 unspecified atom stereocenters. The predicted molar refractivity (Wildman–Crippen MR) is 104 cm³/mol. The maximum Gasteiger partial charge on any atom is 0.377 e. The minimum Gasteiger partial charge on any atom is -0.289 e. The lowest BCUT2D eigenvalue weighted by Crippen LogP contribution is -2.46. The lowest BCUT2D eigenvalue weighted by atomic mass is 10.1. The molecule has 3 aromatic rings. The molecule has 152 valence electrons. The van der Waals surface area contributed by atoms with Crippen molar-refractivity contribution in [2.24, 2.45) is 0 Å². The highest BCUT2D eigenvalue weighted by molar-refractivity contribution is 5.93. The summed E-state index contributed by atoms with van der Waals surface area (Å²) in [6.45, 7) is 5.75. The number of anilines is 1. The molecular weight excluding hydrogens is 380 g/mol. The molecule has 0 saturated carbocycles. The van der Waals surface area contributed by atoms with Crippen LogP contribution in [0.2, 0.25) is 0 Å². The van der Waals surface area contributed by atoms with Gasteiger partial charge in [0.2, 0.25) is 0 Å². The highest BCUT2D eigenvalue weighted by atomic mass is 19.1. The van der Waals surface area contributed by atoms with Gasteiger partial charge in [0.1, 0.15) is 5.69 Å². The first kappa shape index (κ1) is 20.4. The number of nitrogens with zero attached hydrogens (tertiary/aromatic N) is 5. The van der Waals surface area contributed by atoms with Gasteiger partial charge in [-0.3, -0.25) is 4.90 Å². The summed E-state index contributed by atoms with van der Waals surface area (Å²) >= 11 is 0. The summed E-state index contributed by atoms with van der Waals surface area (Å²) in [6, 6.07) is 9.50. The van der Waals surface area contributed by atoms with Crippen molar-refractivity contribution in [1.82, 2.24) is 19.8 Å². The first-order valence-corrected chi connectivity index (χ1v) is 9.28. The zero-order chi connectivity index (χ0) is 21.1. The van der Waals surface area contributed by atoms with E-state index in [1.54, 1.807) is 6.07 Å². The molecule has 0 bridgehead atoms. The normalized spacial score (nSPS) is 11.1. The van der Waals surface area contributed by atoms with Crippen molar-refractivity contribution in [1.29, 1.82) is 0 Å². The Morgan fingerprint density at radius 1 is 1.07 bits per heavy atom. The molecule has 2 aromatic carbocycles. The van der Waals surface area contributed by atoms with Gasteiger partial charge in [-0.25, -0.2) is 18.4 Å². The first-order chi connectivity index (χ1) is 13.9. The molecule has 3 rings (SSSR count). The topological polar surface area (TPSA) is 73.0 Å². The number of halogens is 2. The number of para-hydroxylation sites is 1. The smallest absolute Gasteiger partial charge is 0.289 e. The van der Waals surface area contributed by atoms with Crippen molar-refractivity contribution in [3.8, 4) is 5.69 Å². The predicted octanol–water partition coefficient (Wildman–Crippen LogP) is 3.68. The number of hydrogen-bond acceptors (Lipinski definition) is 4. The zero-order valence-corrected chi connectivity index (χ0v) is 16.3. The summed E-state index contributed by atoms with van der Waals surface area (Å²) in [6.07, 6.45) is 1.28. The number of carbonyl (C=O) groups is 1. The van der Waals surface area contributed by atoms with E-state index in [1.165, 1.54) is 11.0 Å². The van der Waals surface area contributed by atoms with E-state index >= 15 is 0 Å². The summed E-state index contributed by atoms with van der Waals surface area (Å²) in [7, 11) is 0. The zero-order valence-electron chi connectivity index (χ0n) is 16.3. The van der Waals surface area contributed by atoms with Crippen molar-refractivity contribution in [3.63, 3.8) is 0 Å². The van der Waals surface area contributed by atoms with Gasteiger partial charge in [-0.1, -0.05) is 32.0 Å².